The Kier molecular flexibility index (Phi) is 6.06. The van der Waals surface area contributed by atoms with Crippen LogP contribution in [0.25, 0.3) is 33.4 Å². The van der Waals surface area contributed by atoms with E-state index in [0.717, 1.165) is 42.4 Å². The van der Waals surface area contributed by atoms with E-state index in [2.05, 4.69) is 52.7 Å². The van der Waals surface area contributed by atoms with Gasteiger partial charge in [0.25, 0.3) is 11.8 Å². The predicted octanol–water partition coefficient (Wildman–Crippen LogP) is 7.57. The number of carbonyl (C=O) groups excluding carboxylic acids is 2. The molecule has 2 heterocycles. The highest BCUT2D eigenvalue weighted by Gasteiger charge is 2.44. The molecule has 2 aliphatic carbocycles. The second-order valence-electron chi connectivity index (χ2n) is 12.6. The van der Waals surface area contributed by atoms with Gasteiger partial charge >= 0.3 is 0 Å². The molecule has 1 N–H and O–H groups in total. The van der Waals surface area contributed by atoms with E-state index in [1.54, 1.807) is 24.3 Å². The topological polar surface area (TPSA) is 88.3 Å². The molecule has 228 valence electrons. The second-order valence-corrected chi connectivity index (χ2v) is 12.6. The lowest BCUT2D eigenvalue weighted by Crippen LogP contribution is -2.35. The number of amides is 2. The van der Waals surface area contributed by atoms with Crippen molar-refractivity contribution in [2.75, 3.05) is 0 Å². The van der Waals surface area contributed by atoms with E-state index in [1.807, 2.05) is 43.3 Å². The number of phenols is 1. The minimum Gasteiger partial charge on any atom is -0.505 e. The normalized spacial score (nSPS) is 15.6. The SMILES string of the molecule is Cc1cc(C(C2=CCCc3c2ccc2c3CCc3ccccc3-2)N2C(=O)c3ccccc3C2=O)c(O)c(-n2nc3ccccc3n2)c1. The largest absolute Gasteiger partial charge is 0.505 e. The van der Waals surface area contributed by atoms with Crippen molar-refractivity contribution >= 4 is 28.4 Å². The summed E-state index contributed by atoms with van der Waals surface area (Å²) in [4.78, 5) is 31.1. The second kappa shape index (κ2) is 10.4. The number of benzene rings is 5. The monoisotopic (exact) mass is 614 g/mol. The first-order valence-electron chi connectivity index (χ1n) is 16.0. The standard InChI is InChI=1S/C40H30N4O3/c1-23-21-33(38(45)36(22-23)44-41-34-15-6-7-16-35(34)42-44)37(43-39(46)31-11-4-5-12-32(31)40(43)47)30-14-8-13-26-28-18-17-24-9-2-3-10-25(24)27(28)19-20-29(26)30/h2-7,9-12,14-16,19-22,37,45H,8,13,17-18H2,1H3. The molecule has 0 saturated carbocycles. The minimum absolute atomic E-state index is 0.0719. The molecule has 0 spiro atoms. The van der Waals surface area contributed by atoms with E-state index in [4.69, 9.17) is 0 Å². The molecule has 0 fully saturated rings. The molecule has 47 heavy (non-hydrogen) atoms. The van der Waals surface area contributed by atoms with Crippen LogP contribution < -0.4 is 0 Å². The molecule has 7 heteroatoms. The molecule has 1 aliphatic heterocycles. The van der Waals surface area contributed by atoms with Gasteiger partial charge in [-0.15, -0.1) is 15.0 Å². The van der Waals surface area contributed by atoms with Gasteiger partial charge in [-0.05, 0) is 114 Å². The summed E-state index contributed by atoms with van der Waals surface area (Å²) in [6.07, 6.45) is 5.66. The van der Waals surface area contributed by atoms with Crippen LogP contribution in [0, 0.1) is 6.92 Å². The zero-order chi connectivity index (χ0) is 31.8. The maximum atomic E-state index is 14.2. The number of imide groups is 1. The van der Waals surface area contributed by atoms with E-state index in [9.17, 15) is 14.7 Å². The molecule has 0 saturated heterocycles. The smallest absolute Gasteiger partial charge is 0.262 e. The fourth-order valence-electron chi connectivity index (χ4n) is 7.79. The Labute approximate surface area is 271 Å². The maximum absolute atomic E-state index is 14.2. The van der Waals surface area contributed by atoms with Crippen LogP contribution in [0.4, 0.5) is 0 Å². The first-order chi connectivity index (χ1) is 23.0. The molecule has 2 amide bonds. The van der Waals surface area contributed by atoms with Crippen LogP contribution in [0.1, 0.15) is 66.6 Å². The molecule has 1 atom stereocenters. The number of allylic oxidation sites excluding steroid dienone is 1. The van der Waals surface area contributed by atoms with Crippen LogP contribution in [0.5, 0.6) is 5.75 Å². The van der Waals surface area contributed by atoms with E-state index in [-0.39, 0.29) is 17.6 Å². The third-order valence-electron chi connectivity index (χ3n) is 9.89. The Morgan fingerprint density at radius 1 is 0.681 bits per heavy atom. The van der Waals surface area contributed by atoms with Gasteiger partial charge in [0, 0.05) is 5.56 Å². The van der Waals surface area contributed by atoms with Crippen LogP contribution in [-0.2, 0) is 19.3 Å². The van der Waals surface area contributed by atoms with Crippen LogP contribution in [0.2, 0.25) is 0 Å². The van der Waals surface area contributed by atoms with Crippen LogP contribution in [0.15, 0.2) is 103 Å². The first-order valence-corrected chi connectivity index (χ1v) is 16.0. The Balaban J connectivity index is 1.26. The summed E-state index contributed by atoms with van der Waals surface area (Å²) in [5.74, 6) is -0.820. The molecule has 7 nitrogen and oxygen atoms in total. The van der Waals surface area contributed by atoms with Gasteiger partial charge in [0.15, 0.2) is 0 Å². The van der Waals surface area contributed by atoms with Crippen LogP contribution in [-0.4, -0.2) is 36.8 Å². The summed E-state index contributed by atoms with van der Waals surface area (Å²) < 4.78 is 0. The van der Waals surface area contributed by atoms with Crippen LogP contribution >= 0.6 is 0 Å². The number of phenolic OH excluding ortho intramolecular Hbond substituents is 1. The van der Waals surface area contributed by atoms with Crippen molar-refractivity contribution in [2.24, 2.45) is 0 Å². The molecule has 0 bridgehead atoms. The number of aryl methyl sites for hydroxylation is 2. The summed E-state index contributed by atoms with van der Waals surface area (Å²) in [5.41, 5.74) is 12.1. The van der Waals surface area contributed by atoms with E-state index < -0.39 is 6.04 Å². The van der Waals surface area contributed by atoms with Crippen molar-refractivity contribution in [2.45, 2.75) is 38.6 Å². The van der Waals surface area contributed by atoms with Gasteiger partial charge in [-0.3, -0.25) is 14.5 Å². The number of aromatic hydroxyl groups is 1. The number of nitrogens with zero attached hydrogens (tertiary/aromatic N) is 4. The maximum Gasteiger partial charge on any atom is 0.262 e. The average Bonchev–Trinajstić information content (AvgIpc) is 3.64. The van der Waals surface area contributed by atoms with Gasteiger partial charge in [0.2, 0.25) is 0 Å². The molecule has 5 aromatic carbocycles. The van der Waals surface area contributed by atoms with Crippen LogP contribution in [0.3, 0.4) is 0 Å². The molecule has 9 rings (SSSR count). The molecule has 1 aromatic heterocycles. The Morgan fingerprint density at radius 2 is 1.30 bits per heavy atom. The fourth-order valence-corrected chi connectivity index (χ4v) is 7.79. The fraction of sp³-hybridized carbons (Fsp3) is 0.150. The van der Waals surface area contributed by atoms with Crippen molar-refractivity contribution in [1.29, 1.82) is 0 Å². The highest BCUT2D eigenvalue weighted by molar-refractivity contribution is 6.22. The third-order valence-corrected chi connectivity index (χ3v) is 9.89. The summed E-state index contributed by atoms with van der Waals surface area (Å²) >= 11 is 0. The zero-order valence-electron chi connectivity index (χ0n) is 25.8. The van der Waals surface area contributed by atoms with Gasteiger partial charge in [0.05, 0.1) is 17.2 Å². The summed E-state index contributed by atoms with van der Waals surface area (Å²) in [6, 6.07) is 30.2. The van der Waals surface area contributed by atoms with Gasteiger partial charge in [-0.25, -0.2) is 0 Å². The quantitative estimate of drug-likeness (QED) is 0.207. The third kappa shape index (κ3) is 4.12. The lowest BCUT2D eigenvalue weighted by atomic mass is 9.76. The zero-order valence-corrected chi connectivity index (χ0v) is 25.8. The molecule has 6 aromatic rings. The summed E-state index contributed by atoms with van der Waals surface area (Å²) in [5, 5.41) is 21.4. The first kappa shape index (κ1) is 27.5. The van der Waals surface area contributed by atoms with Crippen molar-refractivity contribution in [3.8, 4) is 22.6 Å². The molecule has 0 radical (unpaired) electrons. The molecular formula is C40H30N4O3. The summed E-state index contributed by atoms with van der Waals surface area (Å²) in [6.45, 7) is 1.94. The van der Waals surface area contributed by atoms with Gasteiger partial charge in [-0.1, -0.05) is 66.7 Å². The van der Waals surface area contributed by atoms with Crippen molar-refractivity contribution in [3.63, 3.8) is 0 Å². The van der Waals surface area contributed by atoms with Gasteiger partial charge in [-0.2, -0.15) is 0 Å². The van der Waals surface area contributed by atoms with E-state index in [0.29, 0.717) is 33.4 Å². The molecular weight excluding hydrogens is 584 g/mol. The number of fused-ring (bicyclic) bond motifs is 7. The Hall–Kier alpha value is -5.82. The minimum atomic E-state index is -0.876. The summed E-state index contributed by atoms with van der Waals surface area (Å²) in [7, 11) is 0. The van der Waals surface area contributed by atoms with E-state index >= 15 is 0 Å². The predicted molar refractivity (Wildman–Crippen MR) is 181 cm³/mol. The number of hydrogen-bond donors (Lipinski definition) is 1. The molecule has 3 aliphatic rings. The number of rotatable bonds is 4. The Bertz CT molecular complexity index is 2280. The number of carbonyl (C=O) groups is 2. The van der Waals surface area contributed by atoms with Gasteiger partial charge < -0.3 is 5.11 Å². The highest BCUT2D eigenvalue weighted by atomic mass is 16.3. The van der Waals surface area contributed by atoms with Crippen molar-refractivity contribution in [1.82, 2.24) is 19.9 Å². The Morgan fingerprint density at radius 3 is 2.02 bits per heavy atom. The van der Waals surface area contributed by atoms with Crippen molar-refractivity contribution in [3.05, 3.63) is 148 Å². The van der Waals surface area contributed by atoms with Crippen molar-refractivity contribution < 1.29 is 14.7 Å². The van der Waals surface area contributed by atoms with E-state index in [1.165, 1.54) is 37.5 Å². The number of hydrogen-bond acceptors (Lipinski definition) is 5. The highest BCUT2D eigenvalue weighted by Crippen LogP contribution is 2.49. The lowest BCUT2D eigenvalue weighted by Gasteiger charge is -2.34. The lowest BCUT2D eigenvalue weighted by molar-refractivity contribution is 0.0618. The average molecular weight is 615 g/mol. The molecule has 1 unspecified atom stereocenters. The number of aromatic nitrogens is 3. The van der Waals surface area contributed by atoms with Gasteiger partial charge in [0.1, 0.15) is 22.5 Å².